The summed E-state index contributed by atoms with van der Waals surface area (Å²) in [6.07, 6.45) is 5.77. The fraction of sp³-hybridized carbons (Fsp3) is 0.429. The number of rotatable bonds is 6. The van der Waals surface area contributed by atoms with Gasteiger partial charge in [-0.25, -0.2) is 0 Å². The van der Waals surface area contributed by atoms with Crippen molar-refractivity contribution in [3.05, 3.63) is 42.5 Å². The van der Waals surface area contributed by atoms with Crippen LogP contribution in [0, 0.1) is 0 Å². The minimum absolute atomic E-state index is 0.570. The fourth-order valence-corrected chi connectivity index (χ4v) is 1.81. The lowest BCUT2D eigenvalue weighted by Crippen LogP contribution is -2.34. The Morgan fingerprint density at radius 2 is 2.19 bits per heavy atom. The van der Waals surface area contributed by atoms with Gasteiger partial charge < -0.3 is 10.1 Å². The van der Waals surface area contributed by atoms with Gasteiger partial charge in [-0.15, -0.1) is 0 Å². The van der Waals surface area contributed by atoms with Crippen molar-refractivity contribution < 1.29 is 4.74 Å². The molecule has 1 aromatic carbocycles. The lowest BCUT2D eigenvalue weighted by molar-refractivity contribution is 0.328. The molecule has 0 unspecified atom stereocenters. The highest BCUT2D eigenvalue weighted by Crippen LogP contribution is 2.21. The normalized spacial score (nSPS) is 15.5. The van der Waals surface area contributed by atoms with Crippen molar-refractivity contribution in [1.29, 1.82) is 0 Å². The summed E-state index contributed by atoms with van der Waals surface area (Å²) >= 11 is 0. The van der Waals surface area contributed by atoms with Gasteiger partial charge in [0.25, 0.3) is 0 Å². The minimum atomic E-state index is 0.570. The van der Waals surface area contributed by atoms with Crippen molar-refractivity contribution in [3.63, 3.8) is 0 Å². The first-order chi connectivity index (χ1) is 7.90. The van der Waals surface area contributed by atoms with Crippen LogP contribution < -0.4 is 10.1 Å². The number of hydrogen-bond acceptors (Lipinski definition) is 2. The van der Waals surface area contributed by atoms with E-state index in [0.717, 1.165) is 12.3 Å². The van der Waals surface area contributed by atoms with Gasteiger partial charge >= 0.3 is 0 Å². The molecule has 0 heterocycles. The van der Waals surface area contributed by atoms with Crippen LogP contribution in [0.4, 0.5) is 0 Å². The van der Waals surface area contributed by atoms with E-state index in [1.165, 1.54) is 24.8 Å². The number of hydrogen-bond donors (Lipinski definition) is 1. The van der Waals surface area contributed by atoms with Crippen LogP contribution in [0.5, 0.6) is 5.75 Å². The highest BCUT2D eigenvalue weighted by atomic mass is 16.5. The third-order valence-electron chi connectivity index (χ3n) is 3.02. The second-order valence-corrected chi connectivity index (χ2v) is 4.22. The Bertz CT molecular complexity index is 344. The Balaban J connectivity index is 1.91. The molecule has 1 aromatic rings. The summed E-state index contributed by atoms with van der Waals surface area (Å²) in [6, 6.07) is 8.90. The zero-order chi connectivity index (χ0) is 11.2. The van der Waals surface area contributed by atoms with Gasteiger partial charge in [-0.05, 0) is 18.9 Å². The topological polar surface area (TPSA) is 21.3 Å². The fourth-order valence-electron chi connectivity index (χ4n) is 1.81. The predicted molar refractivity (Wildman–Crippen MR) is 66.6 cm³/mol. The van der Waals surface area contributed by atoms with E-state index in [9.17, 15) is 0 Å². The maximum Gasteiger partial charge on any atom is 0.124 e. The van der Waals surface area contributed by atoms with Gasteiger partial charge in [0.2, 0.25) is 0 Å². The van der Waals surface area contributed by atoms with Crippen molar-refractivity contribution in [1.82, 2.24) is 5.32 Å². The molecule has 2 nitrogen and oxygen atoms in total. The van der Waals surface area contributed by atoms with Gasteiger partial charge in [-0.2, -0.15) is 0 Å². The van der Waals surface area contributed by atoms with Crippen LogP contribution in [0.1, 0.15) is 24.8 Å². The molecule has 1 aliphatic carbocycles. The zero-order valence-corrected chi connectivity index (χ0v) is 9.61. The van der Waals surface area contributed by atoms with E-state index in [4.69, 9.17) is 4.74 Å². The van der Waals surface area contributed by atoms with Crippen molar-refractivity contribution in [2.24, 2.45) is 0 Å². The van der Waals surface area contributed by atoms with Gasteiger partial charge in [-0.3, -0.25) is 0 Å². The van der Waals surface area contributed by atoms with Gasteiger partial charge in [0.15, 0.2) is 0 Å². The number of nitrogens with one attached hydrogen (secondary N) is 1. The summed E-state index contributed by atoms with van der Waals surface area (Å²) in [5.74, 6) is 0.967. The van der Waals surface area contributed by atoms with E-state index in [2.05, 4.69) is 24.0 Å². The van der Waals surface area contributed by atoms with E-state index in [-0.39, 0.29) is 0 Å². The highest BCUT2D eigenvalue weighted by molar-refractivity contribution is 5.33. The van der Waals surface area contributed by atoms with Gasteiger partial charge in [0, 0.05) is 18.2 Å². The molecule has 0 amide bonds. The molecule has 1 saturated carbocycles. The lowest BCUT2D eigenvalue weighted by Gasteiger charge is -2.26. The first-order valence-electron chi connectivity index (χ1n) is 5.95. The SMILES string of the molecule is C=CCOc1ccccc1CNC1CCC1. The van der Waals surface area contributed by atoms with Crippen molar-refractivity contribution >= 4 is 0 Å². The van der Waals surface area contributed by atoms with Gasteiger partial charge in [0.05, 0.1) is 0 Å². The van der Waals surface area contributed by atoms with Crippen LogP contribution in [-0.4, -0.2) is 12.6 Å². The summed E-state index contributed by atoms with van der Waals surface area (Å²) in [5.41, 5.74) is 1.23. The monoisotopic (exact) mass is 217 g/mol. The summed E-state index contributed by atoms with van der Waals surface area (Å²) in [7, 11) is 0. The van der Waals surface area contributed by atoms with Crippen LogP contribution in [0.3, 0.4) is 0 Å². The predicted octanol–water partition coefficient (Wildman–Crippen LogP) is 2.89. The van der Waals surface area contributed by atoms with Crippen molar-refractivity contribution in [3.8, 4) is 5.75 Å². The second kappa shape index (κ2) is 5.71. The number of ether oxygens (including phenoxy) is 1. The van der Waals surface area contributed by atoms with E-state index in [1.807, 2.05) is 12.1 Å². The summed E-state index contributed by atoms with van der Waals surface area (Å²) in [4.78, 5) is 0. The van der Waals surface area contributed by atoms with Crippen LogP contribution in [-0.2, 0) is 6.54 Å². The molecular formula is C14H19NO. The highest BCUT2D eigenvalue weighted by Gasteiger charge is 2.16. The van der Waals surface area contributed by atoms with Gasteiger partial charge in [-0.1, -0.05) is 37.3 Å². The molecule has 1 N–H and O–H groups in total. The maximum absolute atomic E-state index is 5.61. The van der Waals surface area contributed by atoms with Crippen molar-refractivity contribution in [2.75, 3.05) is 6.61 Å². The second-order valence-electron chi connectivity index (χ2n) is 4.22. The maximum atomic E-state index is 5.61. The third kappa shape index (κ3) is 2.86. The molecule has 0 bridgehead atoms. The van der Waals surface area contributed by atoms with E-state index in [0.29, 0.717) is 12.6 Å². The average Bonchev–Trinajstić information content (AvgIpc) is 2.26. The quantitative estimate of drug-likeness (QED) is 0.740. The molecule has 86 valence electrons. The first kappa shape index (κ1) is 11.2. The van der Waals surface area contributed by atoms with Crippen LogP contribution in [0.2, 0.25) is 0 Å². The molecule has 2 heteroatoms. The molecule has 2 rings (SSSR count). The lowest BCUT2D eigenvalue weighted by atomic mass is 9.93. The Morgan fingerprint density at radius 1 is 1.38 bits per heavy atom. The van der Waals surface area contributed by atoms with E-state index in [1.54, 1.807) is 6.08 Å². The molecule has 0 saturated heterocycles. The van der Waals surface area contributed by atoms with E-state index < -0.39 is 0 Å². The number of para-hydroxylation sites is 1. The molecule has 0 atom stereocenters. The average molecular weight is 217 g/mol. The molecule has 1 fully saturated rings. The Labute approximate surface area is 97.3 Å². The molecule has 1 aliphatic rings. The molecule has 16 heavy (non-hydrogen) atoms. The summed E-state index contributed by atoms with van der Waals surface area (Å²) < 4.78 is 5.61. The number of benzene rings is 1. The smallest absolute Gasteiger partial charge is 0.124 e. The molecule has 0 aliphatic heterocycles. The molecule has 0 radical (unpaired) electrons. The van der Waals surface area contributed by atoms with Crippen molar-refractivity contribution in [2.45, 2.75) is 31.8 Å². The van der Waals surface area contributed by atoms with Crippen LogP contribution in [0.15, 0.2) is 36.9 Å². The zero-order valence-electron chi connectivity index (χ0n) is 9.61. The largest absolute Gasteiger partial charge is 0.489 e. The van der Waals surface area contributed by atoms with Crippen LogP contribution >= 0.6 is 0 Å². The molecule has 0 spiro atoms. The van der Waals surface area contributed by atoms with Gasteiger partial charge in [0.1, 0.15) is 12.4 Å². The summed E-state index contributed by atoms with van der Waals surface area (Å²) in [5, 5.41) is 3.55. The Kier molecular flexibility index (Phi) is 4.00. The molecular weight excluding hydrogens is 198 g/mol. The Hall–Kier alpha value is -1.28. The minimum Gasteiger partial charge on any atom is -0.489 e. The first-order valence-corrected chi connectivity index (χ1v) is 5.95. The summed E-state index contributed by atoms with van der Waals surface area (Å²) in [6.45, 7) is 5.13. The third-order valence-corrected chi connectivity index (χ3v) is 3.02. The Morgan fingerprint density at radius 3 is 2.88 bits per heavy atom. The standard InChI is InChI=1S/C14H19NO/c1-2-10-16-14-9-4-3-6-12(14)11-15-13-7-5-8-13/h2-4,6,9,13,15H,1,5,7-8,10-11H2. The van der Waals surface area contributed by atoms with E-state index >= 15 is 0 Å². The van der Waals surface area contributed by atoms with Crippen LogP contribution in [0.25, 0.3) is 0 Å². The molecule has 0 aromatic heterocycles.